The summed E-state index contributed by atoms with van der Waals surface area (Å²) in [7, 11) is -4.32. The van der Waals surface area contributed by atoms with Crippen LogP contribution in [0.2, 0.25) is 0 Å². The third kappa shape index (κ3) is 3.91. The molecule has 1 aliphatic rings. The summed E-state index contributed by atoms with van der Waals surface area (Å²) in [6.07, 6.45) is 0. The van der Waals surface area contributed by atoms with E-state index < -0.39 is 28.0 Å². The Bertz CT molecular complexity index is 1510. The number of carbonyl (C=O) groups excluding carboxylic acids is 1. The van der Waals surface area contributed by atoms with Crippen molar-refractivity contribution in [3.8, 4) is 6.07 Å². The Hall–Kier alpha value is -4.10. The second-order valence-corrected chi connectivity index (χ2v) is 10.6. The van der Waals surface area contributed by atoms with Crippen molar-refractivity contribution in [3.05, 3.63) is 75.8 Å². The highest BCUT2D eigenvalue weighted by molar-refractivity contribution is 7.93. The van der Waals surface area contributed by atoms with Crippen molar-refractivity contribution in [3.63, 3.8) is 0 Å². The van der Waals surface area contributed by atoms with Crippen LogP contribution in [0.1, 0.15) is 46.2 Å². The zero-order chi connectivity index (χ0) is 26.4. The number of hydrogen-bond donors (Lipinski definition) is 2. The van der Waals surface area contributed by atoms with E-state index in [0.29, 0.717) is 5.56 Å². The van der Waals surface area contributed by atoms with Crippen molar-refractivity contribution >= 4 is 33.3 Å². The van der Waals surface area contributed by atoms with Crippen LogP contribution < -0.4 is 15.8 Å². The number of aromatic nitrogens is 1. The van der Waals surface area contributed by atoms with E-state index in [-0.39, 0.29) is 40.0 Å². The van der Waals surface area contributed by atoms with E-state index in [1.807, 2.05) is 45.0 Å². The fourth-order valence-electron chi connectivity index (χ4n) is 4.49. The first-order valence-corrected chi connectivity index (χ1v) is 12.8. The highest BCUT2D eigenvalue weighted by Crippen LogP contribution is 2.50. The number of rotatable bonds is 5. The first-order valence-electron chi connectivity index (χ1n) is 11.4. The van der Waals surface area contributed by atoms with E-state index in [0.717, 1.165) is 21.0 Å². The van der Waals surface area contributed by atoms with Gasteiger partial charge in [0.1, 0.15) is 17.5 Å². The molecule has 4 rings (SSSR count). The fraction of sp³-hybridized carbons (Fsp3) is 0.269. The average Bonchev–Trinajstić information content (AvgIpc) is 3.17. The summed E-state index contributed by atoms with van der Waals surface area (Å²) < 4.78 is 34.4. The second-order valence-electron chi connectivity index (χ2n) is 8.77. The Balaban J connectivity index is 2.08. The second kappa shape index (κ2) is 9.17. The quantitative estimate of drug-likeness (QED) is 0.501. The summed E-state index contributed by atoms with van der Waals surface area (Å²) in [6.45, 7) is 7.38. The highest BCUT2D eigenvalue weighted by Gasteiger charge is 2.52. The van der Waals surface area contributed by atoms with E-state index in [1.165, 1.54) is 12.1 Å². The van der Waals surface area contributed by atoms with Gasteiger partial charge in [0, 0.05) is 11.5 Å². The SMILES string of the molecule is CCOC(=O)C1C(c2ccc(C)c(C)c2)c2c(nc(N)c(C#N)c2N)N1S(=O)(=O)c1ccc(C)cc1. The largest absolute Gasteiger partial charge is 0.464 e. The number of sulfonamides is 1. The molecule has 10 heteroatoms. The zero-order valence-corrected chi connectivity index (χ0v) is 21.3. The van der Waals surface area contributed by atoms with Gasteiger partial charge >= 0.3 is 5.97 Å². The zero-order valence-electron chi connectivity index (χ0n) is 20.4. The van der Waals surface area contributed by atoms with Crippen LogP contribution in [-0.2, 0) is 19.6 Å². The Morgan fingerprint density at radius 1 is 1.11 bits per heavy atom. The molecule has 0 saturated carbocycles. The van der Waals surface area contributed by atoms with Gasteiger partial charge < -0.3 is 16.2 Å². The van der Waals surface area contributed by atoms with Crippen molar-refractivity contribution in [2.24, 2.45) is 0 Å². The molecule has 36 heavy (non-hydrogen) atoms. The smallest absolute Gasteiger partial charge is 0.331 e. The maximum absolute atomic E-state index is 14.0. The topological polar surface area (TPSA) is 152 Å². The lowest BCUT2D eigenvalue weighted by Gasteiger charge is -2.28. The van der Waals surface area contributed by atoms with Gasteiger partial charge in [0.2, 0.25) is 0 Å². The minimum Gasteiger partial charge on any atom is -0.464 e. The normalized spacial score (nSPS) is 16.9. The van der Waals surface area contributed by atoms with E-state index in [4.69, 9.17) is 16.2 Å². The molecule has 0 amide bonds. The molecule has 186 valence electrons. The van der Waals surface area contributed by atoms with Crippen molar-refractivity contribution in [2.75, 3.05) is 22.4 Å². The summed E-state index contributed by atoms with van der Waals surface area (Å²) in [6, 6.07) is 12.4. The molecule has 1 aromatic heterocycles. The molecular weight excluding hydrogens is 478 g/mol. The lowest BCUT2D eigenvalue weighted by atomic mass is 9.85. The highest BCUT2D eigenvalue weighted by atomic mass is 32.2. The summed E-state index contributed by atoms with van der Waals surface area (Å²) in [5, 5.41) is 9.68. The van der Waals surface area contributed by atoms with Crippen LogP contribution in [0.3, 0.4) is 0 Å². The Labute approximate surface area is 210 Å². The number of benzene rings is 2. The lowest BCUT2D eigenvalue weighted by Crippen LogP contribution is -2.46. The van der Waals surface area contributed by atoms with Gasteiger partial charge in [-0.15, -0.1) is 0 Å². The number of ether oxygens (including phenoxy) is 1. The van der Waals surface area contributed by atoms with Crippen LogP contribution in [0.5, 0.6) is 0 Å². The first-order chi connectivity index (χ1) is 17.0. The molecule has 9 nitrogen and oxygen atoms in total. The molecule has 2 atom stereocenters. The summed E-state index contributed by atoms with van der Waals surface area (Å²) in [5.74, 6) is -1.95. The van der Waals surface area contributed by atoms with Crippen LogP contribution in [0, 0.1) is 32.1 Å². The van der Waals surface area contributed by atoms with Crippen LogP contribution >= 0.6 is 0 Å². The standard InChI is InChI=1S/C26H27N5O4S/c1-5-35-26(32)23-20(17-9-8-15(3)16(4)12-17)21-22(28)19(13-27)24(29)30-25(21)31(23)36(33,34)18-10-6-14(2)7-11-18/h6-12,20,23H,5H2,1-4H3,(H4,28,29,30). The fourth-order valence-corrected chi connectivity index (χ4v) is 6.07. The molecular formula is C26H27N5O4S. The number of nitrogen functional groups attached to an aromatic ring is 2. The minimum absolute atomic E-state index is 0.0147. The number of nitriles is 1. The first kappa shape index (κ1) is 25.0. The number of pyridine rings is 1. The number of anilines is 3. The van der Waals surface area contributed by atoms with E-state index in [2.05, 4.69) is 4.98 Å². The molecule has 0 fully saturated rings. The average molecular weight is 506 g/mol. The van der Waals surface area contributed by atoms with Gasteiger partial charge in [-0.3, -0.25) is 0 Å². The Morgan fingerprint density at radius 2 is 1.78 bits per heavy atom. The van der Waals surface area contributed by atoms with Gasteiger partial charge in [-0.05, 0) is 56.5 Å². The van der Waals surface area contributed by atoms with Crippen LogP contribution in [-0.4, -0.2) is 32.0 Å². The van der Waals surface area contributed by atoms with Crippen molar-refractivity contribution in [2.45, 2.75) is 44.6 Å². The maximum atomic E-state index is 14.0. The predicted molar refractivity (Wildman–Crippen MR) is 137 cm³/mol. The van der Waals surface area contributed by atoms with Crippen molar-refractivity contribution in [1.82, 2.24) is 4.98 Å². The molecule has 0 radical (unpaired) electrons. The van der Waals surface area contributed by atoms with Gasteiger partial charge in [-0.1, -0.05) is 35.9 Å². The molecule has 4 N–H and O–H groups in total. The molecule has 0 spiro atoms. The lowest BCUT2D eigenvalue weighted by molar-refractivity contribution is -0.144. The summed E-state index contributed by atoms with van der Waals surface area (Å²) in [5.41, 5.74) is 16.1. The number of aryl methyl sites for hydroxylation is 3. The van der Waals surface area contributed by atoms with E-state index >= 15 is 0 Å². The number of nitrogens with two attached hydrogens (primary N) is 2. The molecule has 2 unspecified atom stereocenters. The number of fused-ring (bicyclic) bond motifs is 1. The molecule has 0 saturated heterocycles. The number of hydrogen-bond acceptors (Lipinski definition) is 8. The maximum Gasteiger partial charge on any atom is 0.331 e. The third-order valence-electron chi connectivity index (χ3n) is 6.48. The van der Waals surface area contributed by atoms with Gasteiger partial charge in [0.25, 0.3) is 10.0 Å². The van der Waals surface area contributed by atoms with Crippen LogP contribution in [0.15, 0.2) is 47.4 Å². The van der Waals surface area contributed by atoms with Gasteiger partial charge in [0.05, 0.1) is 17.2 Å². The van der Waals surface area contributed by atoms with Gasteiger partial charge in [0.15, 0.2) is 11.9 Å². The van der Waals surface area contributed by atoms with Crippen LogP contribution in [0.4, 0.5) is 17.3 Å². The number of esters is 1. The van der Waals surface area contributed by atoms with E-state index in [1.54, 1.807) is 19.1 Å². The minimum atomic E-state index is -4.32. The monoisotopic (exact) mass is 505 g/mol. The van der Waals surface area contributed by atoms with E-state index in [9.17, 15) is 18.5 Å². The summed E-state index contributed by atoms with van der Waals surface area (Å²) in [4.78, 5) is 17.7. The molecule has 2 heterocycles. The number of carbonyl (C=O) groups is 1. The van der Waals surface area contributed by atoms with Crippen molar-refractivity contribution in [1.29, 1.82) is 5.26 Å². The molecule has 1 aliphatic heterocycles. The van der Waals surface area contributed by atoms with Crippen molar-refractivity contribution < 1.29 is 17.9 Å². The van der Waals surface area contributed by atoms with Gasteiger partial charge in [-0.25, -0.2) is 22.5 Å². The Kier molecular flexibility index (Phi) is 6.37. The van der Waals surface area contributed by atoms with Crippen LogP contribution in [0.25, 0.3) is 0 Å². The Morgan fingerprint density at radius 3 is 2.36 bits per heavy atom. The predicted octanol–water partition coefficient (Wildman–Crippen LogP) is 3.32. The molecule has 0 aliphatic carbocycles. The third-order valence-corrected chi connectivity index (χ3v) is 8.26. The molecule has 3 aromatic rings. The molecule has 0 bridgehead atoms. The number of nitrogens with zero attached hydrogens (tertiary/aromatic N) is 3. The molecule has 2 aromatic carbocycles. The van der Waals surface area contributed by atoms with Gasteiger partial charge in [-0.2, -0.15) is 5.26 Å². The summed E-state index contributed by atoms with van der Waals surface area (Å²) >= 11 is 0.